The van der Waals surface area contributed by atoms with Crippen molar-refractivity contribution in [3.05, 3.63) is 50.9 Å². The van der Waals surface area contributed by atoms with Crippen LogP contribution < -0.4 is 4.72 Å². The topological polar surface area (TPSA) is 59.1 Å². The second-order valence-corrected chi connectivity index (χ2v) is 7.03. The normalized spacial score (nSPS) is 11.4. The number of hydrogen-bond acceptors (Lipinski definition) is 3. The molecule has 4 nitrogen and oxygen atoms in total. The van der Waals surface area contributed by atoms with Crippen molar-refractivity contribution in [2.45, 2.75) is 4.90 Å². The van der Waals surface area contributed by atoms with E-state index in [-0.39, 0.29) is 20.8 Å². The monoisotopic (exact) mass is 398 g/mol. The predicted molar refractivity (Wildman–Crippen MR) is 79.2 cm³/mol. The van der Waals surface area contributed by atoms with E-state index in [0.717, 1.165) is 12.1 Å². The van der Waals surface area contributed by atoms with Crippen molar-refractivity contribution in [3.8, 4) is 0 Å². The zero-order valence-electron chi connectivity index (χ0n) is 9.57. The van der Waals surface area contributed by atoms with Crippen molar-refractivity contribution in [1.82, 2.24) is 4.98 Å². The summed E-state index contributed by atoms with van der Waals surface area (Å²) in [5.74, 6) is -0.753. The van der Waals surface area contributed by atoms with Crippen LogP contribution in [0.1, 0.15) is 0 Å². The van der Waals surface area contributed by atoms with E-state index in [1.807, 2.05) is 0 Å². The minimum atomic E-state index is -4.08. The van der Waals surface area contributed by atoms with Crippen molar-refractivity contribution in [2.75, 3.05) is 4.72 Å². The quantitative estimate of drug-likeness (QED) is 0.790. The lowest BCUT2D eigenvalue weighted by molar-refractivity contribution is 0.598. The first-order chi connectivity index (χ1) is 9.29. The number of pyridine rings is 1. The molecule has 106 valence electrons. The third kappa shape index (κ3) is 3.41. The van der Waals surface area contributed by atoms with E-state index in [9.17, 15) is 12.8 Å². The Morgan fingerprint density at radius 2 is 1.95 bits per heavy atom. The van der Waals surface area contributed by atoms with Crippen LogP contribution in [0.15, 0.2) is 39.8 Å². The molecule has 0 saturated carbocycles. The number of benzene rings is 1. The lowest BCUT2D eigenvalue weighted by Gasteiger charge is -2.10. The Morgan fingerprint density at radius 3 is 2.65 bits per heavy atom. The van der Waals surface area contributed by atoms with Crippen molar-refractivity contribution in [1.29, 1.82) is 0 Å². The molecule has 0 aliphatic rings. The summed E-state index contributed by atoms with van der Waals surface area (Å²) in [6, 6.07) is 4.79. The van der Waals surface area contributed by atoms with Crippen molar-refractivity contribution in [3.63, 3.8) is 0 Å². The molecule has 2 rings (SSSR count). The fraction of sp³-hybridized carbons (Fsp3) is 0. The van der Waals surface area contributed by atoms with Gasteiger partial charge in [-0.15, -0.1) is 0 Å². The van der Waals surface area contributed by atoms with E-state index >= 15 is 0 Å². The molecule has 1 heterocycles. The van der Waals surface area contributed by atoms with Crippen LogP contribution in [0.4, 0.5) is 10.1 Å². The molecule has 0 saturated heterocycles. The van der Waals surface area contributed by atoms with Gasteiger partial charge in [0.1, 0.15) is 15.9 Å². The fourth-order valence-electron chi connectivity index (χ4n) is 1.37. The van der Waals surface area contributed by atoms with Gasteiger partial charge in [0.2, 0.25) is 0 Å². The molecule has 0 aliphatic heterocycles. The number of nitrogens with zero attached hydrogens (tertiary/aromatic N) is 1. The van der Waals surface area contributed by atoms with Crippen LogP contribution in [-0.4, -0.2) is 13.4 Å². The summed E-state index contributed by atoms with van der Waals surface area (Å²) < 4.78 is 40.4. The van der Waals surface area contributed by atoms with Gasteiger partial charge in [0.05, 0.1) is 5.69 Å². The Balaban J connectivity index is 2.46. The lowest BCUT2D eigenvalue weighted by Crippen LogP contribution is -2.15. The summed E-state index contributed by atoms with van der Waals surface area (Å²) in [7, 11) is -4.08. The van der Waals surface area contributed by atoms with Crippen LogP contribution in [-0.2, 0) is 10.0 Å². The third-order valence-electron chi connectivity index (χ3n) is 2.24. The SMILES string of the molecule is O=S(=O)(Nc1cc(Cl)ccc1F)c1cc(Br)cnc1Cl. The standard InChI is InChI=1S/C11H6BrCl2FN2O2S/c12-6-3-10(11(14)16-5-6)20(18,19)17-9-4-7(13)1-2-8(9)15/h1-5,17H. The molecule has 0 aliphatic carbocycles. The first-order valence-electron chi connectivity index (χ1n) is 5.08. The Hall–Kier alpha value is -0.890. The van der Waals surface area contributed by atoms with E-state index in [1.54, 1.807) is 0 Å². The van der Waals surface area contributed by atoms with Gasteiger partial charge in [-0.3, -0.25) is 4.72 Å². The molecule has 9 heteroatoms. The summed E-state index contributed by atoms with van der Waals surface area (Å²) in [5, 5.41) is -0.0225. The molecule has 20 heavy (non-hydrogen) atoms. The van der Waals surface area contributed by atoms with Gasteiger partial charge >= 0.3 is 0 Å². The minimum Gasteiger partial charge on any atom is -0.277 e. The maximum atomic E-state index is 13.6. The van der Waals surface area contributed by atoms with Gasteiger partial charge in [0, 0.05) is 15.7 Å². The molecule has 0 bridgehead atoms. The van der Waals surface area contributed by atoms with E-state index in [1.165, 1.54) is 18.3 Å². The molecule has 0 unspecified atom stereocenters. The third-order valence-corrected chi connectivity index (χ3v) is 4.70. The molecular formula is C11H6BrCl2FN2O2S. The number of halogens is 4. The molecule has 0 atom stereocenters. The first-order valence-corrected chi connectivity index (χ1v) is 8.12. The molecule has 2 aromatic rings. The number of aromatic nitrogens is 1. The van der Waals surface area contributed by atoms with Crippen LogP contribution in [0.3, 0.4) is 0 Å². The molecule has 0 radical (unpaired) electrons. The second-order valence-electron chi connectivity index (χ2n) is 3.67. The molecule has 1 aromatic carbocycles. The molecule has 0 amide bonds. The molecule has 0 fully saturated rings. The van der Waals surface area contributed by atoms with Crippen molar-refractivity contribution in [2.24, 2.45) is 0 Å². The van der Waals surface area contributed by atoms with Crippen molar-refractivity contribution >= 4 is 54.8 Å². The van der Waals surface area contributed by atoms with Crippen LogP contribution in [0.2, 0.25) is 10.2 Å². The highest BCUT2D eigenvalue weighted by atomic mass is 79.9. The number of nitrogens with one attached hydrogen (secondary N) is 1. The summed E-state index contributed by atoms with van der Waals surface area (Å²) in [6.07, 6.45) is 1.35. The van der Waals surface area contributed by atoms with E-state index < -0.39 is 15.8 Å². The Kier molecular flexibility index (Phi) is 4.53. The fourth-order valence-corrected chi connectivity index (χ4v) is 3.54. The summed E-state index contributed by atoms with van der Waals surface area (Å²) in [4.78, 5) is 3.44. The Labute approximate surface area is 133 Å². The first kappa shape index (κ1) is 15.5. The zero-order valence-corrected chi connectivity index (χ0v) is 13.5. The van der Waals surface area contributed by atoms with E-state index in [4.69, 9.17) is 23.2 Å². The maximum absolute atomic E-state index is 13.6. The van der Waals surface area contributed by atoms with Crippen LogP contribution in [0.25, 0.3) is 0 Å². The molecule has 1 N–H and O–H groups in total. The van der Waals surface area contributed by atoms with Gasteiger partial charge in [-0.05, 0) is 40.2 Å². The second kappa shape index (κ2) is 5.85. The highest BCUT2D eigenvalue weighted by Gasteiger charge is 2.21. The van der Waals surface area contributed by atoms with Crippen LogP contribution in [0.5, 0.6) is 0 Å². The molecule has 0 spiro atoms. The minimum absolute atomic E-state index is 0.197. The van der Waals surface area contributed by atoms with Gasteiger partial charge in [-0.2, -0.15) is 0 Å². The van der Waals surface area contributed by atoms with Crippen LogP contribution in [0, 0.1) is 5.82 Å². The largest absolute Gasteiger partial charge is 0.277 e. The van der Waals surface area contributed by atoms with E-state index in [2.05, 4.69) is 25.6 Å². The Bertz CT molecular complexity index is 771. The summed E-state index contributed by atoms with van der Waals surface area (Å²) in [5.41, 5.74) is -0.270. The summed E-state index contributed by atoms with van der Waals surface area (Å²) in [6.45, 7) is 0. The highest BCUT2D eigenvalue weighted by Crippen LogP contribution is 2.27. The van der Waals surface area contributed by atoms with Crippen LogP contribution >= 0.6 is 39.1 Å². The zero-order chi connectivity index (χ0) is 14.9. The molecular weight excluding hydrogens is 394 g/mol. The maximum Gasteiger partial charge on any atom is 0.265 e. The number of rotatable bonds is 3. The Morgan fingerprint density at radius 1 is 1.25 bits per heavy atom. The highest BCUT2D eigenvalue weighted by molar-refractivity contribution is 9.10. The average Bonchev–Trinajstić information content (AvgIpc) is 2.36. The molecule has 1 aromatic heterocycles. The van der Waals surface area contributed by atoms with Gasteiger partial charge in [-0.25, -0.2) is 17.8 Å². The van der Waals surface area contributed by atoms with Gasteiger partial charge in [0.15, 0.2) is 0 Å². The predicted octanol–water partition coefficient (Wildman–Crippen LogP) is 4.09. The average molecular weight is 400 g/mol. The van der Waals surface area contributed by atoms with Crippen molar-refractivity contribution < 1.29 is 12.8 Å². The smallest absolute Gasteiger partial charge is 0.265 e. The van der Waals surface area contributed by atoms with Gasteiger partial charge in [0.25, 0.3) is 10.0 Å². The number of hydrogen-bond donors (Lipinski definition) is 1. The lowest BCUT2D eigenvalue weighted by atomic mass is 10.3. The van der Waals surface area contributed by atoms with Gasteiger partial charge in [-0.1, -0.05) is 23.2 Å². The number of sulfonamides is 1. The van der Waals surface area contributed by atoms with E-state index in [0.29, 0.717) is 4.47 Å². The number of anilines is 1. The summed E-state index contributed by atoms with van der Waals surface area (Å²) >= 11 is 14.5. The van der Waals surface area contributed by atoms with Gasteiger partial charge < -0.3 is 0 Å².